The van der Waals surface area contributed by atoms with E-state index in [9.17, 15) is 9.59 Å². The Morgan fingerprint density at radius 1 is 1.03 bits per heavy atom. The number of hydrogen-bond acceptors (Lipinski definition) is 5. The van der Waals surface area contributed by atoms with Gasteiger partial charge in [-0.25, -0.2) is 4.98 Å². The zero-order valence-corrected chi connectivity index (χ0v) is 17.2. The molecule has 7 nitrogen and oxygen atoms in total. The van der Waals surface area contributed by atoms with Crippen LogP contribution in [0.1, 0.15) is 17.3 Å². The van der Waals surface area contributed by atoms with Gasteiger partial charge >= 0.3 is 0 Å². The highest BCUT2D eigenvalue weighted by Gasteiger charge is 2.24. The van der Waals surface area contributed by atoms with Gasteiger partial charge in [-0.1, -0.05) is 42.5 Å². The predicted octanol–water partition coefficient (Wildman–Crippen LogP) is 4.98. The van der Waals surface area contributed by atoms with Crippen molar-refractivity contribution in [3.05, 3.63) is 84.6 Å². The summed E-state index contributed by atoms with van der Waals surface area (Å²) in [5.74, 6) is 0.981. The van der Waals surface area contributed by atoms with Gasteiger partial charge in [0.15, 0.2) is 11.9 Å². The van der Waals surface area contributed by atoms with E-state index in [1.54, 1.807) is 49.5 Å². The first-order chi connectivity index (χ1) is 15.6. The first-order valence-corrected chi connectivity index (χ1v) is 10.1. The van der Waals surface area contributed by atoms with Gasteiger partial charge in [0.1, 0.15) is 5.75 Å². The number of aromatic nitrogens is 1. The summed E-state index contributed by atoms with van der Waals surface area (Å²) >= 11 is 0. The molecule has 2 heterocycles. The number of anilines is 2. The molecule has 5 rings (SSSR count). The summed E-state index contributed by atoms with van der Waals surface area (Å²) in [4.78, 5) is 29.3. The lowest BCUT2D eigenvalue weighted by Crippen LogP contribution is -2.34. The molecule has 1 aliphatic rings. The van der Waals surface area contributed by atoms with Gasteiger partial charge in [-0.15, -0.1) is 0 Å². The number of nitrogens with zero attached hydrogens (tertiary/aromatic N) is 1. The van der Waals surface area contributed by atoms with E-state index in [4.69, 9.17) is 9.15 Å². The molecule has 32 heavy (non-hydrogen) atoms. The van der Waals surface area contributed by atoms with E-state index in [1.165, 1.54) is 0 Å². The van der Waals surface area contributed by atoms with Crippen LogP contribution in [-0.2, 0) is 4.79 Å². The number of benzene rings is 3. The number of carbonyl (C=O) groups excluding carboxylic acids is 2. The summed E-state index contributed by atoms with van der Waals surface area (Å²) in [6.07, 6.45) is 1.09. The molecule has 4 aromatic rings. The third-order valence-electron chi connectivity index (χ3n) is 5.13. The van der Waals surface area contributed by atoms with Crippen LogP contribution in [-0.4, -0.2) is 22.9 Å². The van der Waals surface area contributed by atoms with Gasteiger partial charge in [0.2, 0.25) is 5.89 Å². The van der Waals surface area contributed by atoms with Crippen LogP contribution >= 0.6 is 0 Å². The van der Waals surface area contributed by atoms with E-state index in [0.29, 0.717) is 39.9 Å². The predicted molar refractivity (Wildman–Crippen MR) is 120 cm³/mol. The summed E-state index contributed by atoms with van der Waals surface area (Å²) in [5.41, 5.74) is 2.94. The Hall–Kier alpha value is -4.39. The normalized spacial score (nSPS) is 14.8. The number of ether oxygens (including phenoxy) is 1. The molecule has 0 aliphatic carbocycles. The zero-order chi connectivity index (χ0) is 22.1. The van der Waals surface area contributed by atoms with E-state index >= 15 is 0 Å². The Balaban J connectivity index is 1.41. The van der Waals surface area contributed by atoms with Crippen molar-refractivity contribution < 1.29 is 18.7 Å². The Morgan fingerprint density at radius 3 is 2.66 bits per heavy atom. The molecular weight excluding hydrogens is 406 g/mol. The molecule has 3 aromatic carbocycles. The maximum Gasteiger partial charge on any atom is 0.265 e. The van der Waals surface area contributed by atoms with Crippen molar-refractivity contribution in [1.29, 1.82) is 0 Å². The standard InChI is InChI=1S/C25H19N3O4/c1-15-23(29)28-20-13-17(11-12-21(20)31-15)27-24(30)18-9-5-6-10-19(18)25-26-14-22(32-25)16-7-3-2-4-8-16/h2-15H,1H3,(H,27,30)(H,28,29)/t15-/m1/s1. The molecule has 0 saturated heterocycles. The number of hydrogen-bond donors (Lipinski definition) is 2. The Labute approximate surface area is 184 Å². The smallest absolute Gasteiger partial charge is 0.265 e. The molecule has 1 aliphatic heterocycles. The highest BCUT2D eigenvalue weighted by atomic mass is 16.5. The van der Waals surface area contributed by atoms with E-state index in [2.05, 4.69) is 15.6 Å². The lowest BCUT2D eigenvalue weighted by atomic mass is 10.1. The minimum atomic E-state index is -0.559. The van der Waals surface area contributed by atoms with E-state index in [0.717, 1.165) is 5.56 Å². The minimum absolute atomic E-state index is 0.232. The van der Waals surface area contributed by atoms with Crippen molar-refractivity contribution >= 4 is 23.2 Å². The van der Waals surface area contributed by atoms with Gasteiger partial charge in [0.25, 0.3) is 11.8 Å². The molecule has 2 amide bonds. The number of fused-ring (bicyclic) bond motifs is 1. The van der Waals surface area contributed by atoms with Crippen molar-refractivity contribution in [3.63, 3.8) is 0 Å². The highest BCUT2D eigenvalue weighted by molar-refractivity contribution is 6.08. The van der Waals surface area contributed by atoms with Crippen molar-refractivity contribution in [1.82, 2.24) is 4.98 Å². The highest BCUT2D eigenvalue weighted by Crippen LogP contribution is 2.33. The van der Waals surface area contributed by atoms with Gasteiger partial charge in [0.05, 0.1) is 17.4 Å². The zero-order valence-electron chi connectivity index (χ0n) is 17.2. The number of rotatable bonds is 4. The van der Waals surface area contributed by atoms with Gasteiger partial charge < -0.3 is 19.8 Å². The second-order valence-corrected chi connectivity index (χ2v) is 7.36. The fourth-order valence-corrected chi connectivity index (χ4v) is 3.49. The first-order valence-electron chi connectivity index (χ1n) is 10.1. The molecule has 7 heteroatoms. The monoisotopic (exact) mass is 425 g/mol. The third-order valence-corrected chi connectivity index (χ3v) is 5.13. The lowest BCUT2D eigenvalue weighted by molar-refractivity contribution is -0.122. The number of amides is 2. The largest absolute Gasteiger partial charge is 0.479 e. The van der Waals surface area contributed by atoms with Crippen LogP contribution < -0.4 is 15.4 Å². The van der Waals surface area contributed by atoms with Crippen molar-refractivity contribution in [2.45, 2.75) is 13.0 Å². The summed E-state index contributed by atoms with van der Waals surface area (Å²) in [5, 5.41) is 5.65. The van der Waals surface area contributed by atoms with Crippen LogP contribution in [0.25, 0.3) is 22.8 Å². The van der Waals surface area contributed by atoms with E-state index < -0.39 is 6.10 Å². The average Bonchev–Trinajstić information content (AvgIpc) is 3.31. The lowest BCUT2D eigenvalue weighted by Gasteiger charge is -2.23. The Kier molecular flexibility index (Phi) is 4.91. The van der Waals surface area contributed by atoms with E-state index in [-0.39, 0.29) is 11.8 Å². The number of oxazole rings is 1. The fraction of sp³-hybridized carbons (Fsp3) is 0.0800. The third kappa shape index (κ3) is 3.72. The topological polar surface area (TPSA) is 93.5 Å². The van der Waals surface area contributed by atoms with Gasteiger partial charge in [-0.05, 0) is 37.3 Å². The van der Waals surface area contributed by atoms with Gasteiger partial charge in [0, 0.05) is 16.8 Å². The Bertz CT molecular complexity index is 1310. The first kappa shape index (κ1) is 19.6. The second-order valence-electron chi connectivity index (χ2n) is 7.36. The summed E-state index contributed by atoms with van der Waals surface area (Å²) in [7, 11) is 0. The maximum atomic E-state index is 13.1. The molecular formula is C25H19N3O4. The van der Waals surface area contributed by atoms with Crippen LogP contribution in [0.5, 0.6) is 5.75 Å². The van der Waals surface area contributed by atoms with Crippen LogP contribution in [0, 0.1) is 0 Å². The molecule has 158 valence electrons. The maximum absolute atomic E-state index is 13.1. The number of nitrogens with one attached hydrogen (secondary N) is 2. The van der Waals surface area contributed by atoms with Crippen molar-refractivity contribution in [2.75, 3.05) is 10.6 Å². The van der Waals surface area contributed by atoms with Crippen molar-refractivity contribution in [2.24, 2.45) is 0 Å². The summed E-state index contributed by atoms with van der Waals surface area (Å²) in [6, 6.07) is 21.8. The van der Waals surface area contributed by atoms with E-state index in [1.807, 2.05) is 36.4 Å². The molecule has 0 fully saturated rings. The van der Waals surface area contributed by atoms with Crippen LogP contribution in [0.15, 0.2) is 83.4 Å². The fourth-order valence-electron chi connectivity index (χ4n) is 3.49. The molecule has 0 radical (unpaired) electrons. The Morgan fingerprint density at radius 2 is 1.81 bits per heavy atom. The minimum Gasteiger partial charge on any atom is -0.479 e. The molecule has 0 unspecified atom stereocenters. The average molecular weight is 425 g/mol. The summed E-state index contributed by atoms with van der Waals surface area (Å²) in [6.45, 7) is 1.68. The molecule has 1 aromatic heterocycles. The van der Waals surface area contributed by atoms with Crippen LogP contribution in [0.4, 0.5) is 11.4 Å². The SMILES string of the molecule is C[C@H]1Oc2ccc(NC(=O)c3ccccc3-c3ncc(-c4ccccc4)o3)cc2NC1=O. The van der Waals surface area contributed by atoms with Gasteiger partial charge in [-0.2, -0.15) is 0 Å². The molecule has 0 bridgehead atoms. The molecule has 0 saturated carbocycles. The second kappa shape index (κ2) is 8.03. The van der Waals surface area contributed by atoms with Crippen LogP contribution in [0.2, 0.25) is 0 Å². The molecule has 2 N–H and O–H groups in total. The summed E-state index contributed by atoms with van der Waals surface area (Å²) < 4.78 is 11.5. The van der Waals surface area contributed by atoms with Gasteiger partial charge in [-0.3, -0.25) is 9.59 Å². The van der Waals surface area contributed by atoms with Crippen molar-refractivity contribution in [3.8, 4) is 28.5 Å². The van der Waals surface area contributed by atoms with Crippen LogP contribution in [0.3, 0.4) is 0 Å². The molecule has 1 atom stereocenters. The quantitative estimate of drug-likeness (QED) is 0.481. The molecule has 0 spiro atoms. The number of carbonyl (C=O) groups is 2.